The maximum Gasteiger partial charge on any atom is 0.322 e. The topological polar surface area (TPSA) is 158 Å². The first-order valence-electron chi connectivity index (χ1n) is 16.0. The molecule has 2 fully saturated rings. The Morgan fingerprint density at radius 2 is 1.17 bits per heavy atom. The standard InChI is InChI=1S/C18H25NO4.C11H15NO2.C6H11NO3/c1-22-18(21)16(8-7-15-5-3-2-4-6-15)13-17(20)14-19-9-11-23-12-10-19;1-14-11(13)10(12)8-7-9-5-3-2-4-6-9;8-6(9)5-7-1-3-10-4-2-7/h2-6,16H,7-14H2,1H3;2-6,10H,7-8,12H2,1H3;1-5H2,(H,8,9)/t16-;10-;/m10./s1. The number of aliphatic carboxylic acids is 1. The van der Waals surface area contributed by atoms with Crippen molar-refractivity contribution >= 4 is 23.7 Å². The summed E-state index contributed by atoms with van der Waals surface area (Å²) in [6.45, 7) is 6.23. The summed E-state index contributed by atoms with van der Waals surface area (Å²) in [5, 5.41) is 8.38. The van der Waals surface area contributed by atoms with E-state index < -0.39 is 12.0 Å². The monoisotopic (exact) mass is 657 g/mol. The van der Waals surface area contributed by atoms with E-state index >= 15 is 0 Å². The lowest BCUT2D eigenvalue weighted by atomic mass is 9.94. The minimum atomic E-state index is -0.762. The molecule has 2 aromatic rings. The van der Waals surface area contributed by atoms with E-state index in [1.54, 1.807) is 0 Å². The number of benzene rings is 2. The van der Waals surface area contributed by atoms with Crippen molar-refractivity contribution in [2.24, 2.45) is 11.7 Å². The summed E-state index contributed by atoms with van der Waals surface area (Å²) in [7, 11) is 2.73. The highest BCUT2D eigenvalue weighted by Crippen LogP contribution is 2.16. The molecule has 0 aromatic heterocycles. The van der Waals surface area contributed by atoms with Crippen molar-refractivity contribution in [1.82, 2.24) is 9.80 Å². The van der Waals surface area contributed by atoms with Crippen LogP contribution in [-0.4, -0.2) is 125 Å². The first-order valence-corrected chi connectivity index (χ1v) is 16.0. The molecule has 3 N–H and O–H groups in total. The van der Waals surface area contributed by atoms with Crippen LogP contribution >= 0.6 is 0 Å². The first-order chi connectivity index (χ1) is 22.7. The van der Waals surface area contributed by atoms with Crippen molar-refractivity contribution in [3.8, 4) is 0 Å². The van der Waals surface area contributed by atoms with E-state index in [-0.39, 0.29) is 36.6 Å². The highest BCUT2D eigenvalue weighted by Gasteiger charge is 2.24. The molecule has 0 radical (unpaired) electrons. The Labute approximate surface area is 278 Å². The lowest BCUT2D eigenvalue weighted by Gasteiger charge is -2.26. The van der Waals surface area contributed by atoms with Gasteiger partial charge in [0.05, 0.1) is 59.7 Å². The average Bonchev–Trinajstić information content (AvgIpc) is 3.10. The van der Waals surface area contributed by atoms with Gasteiger partial charge in [-0.05, 0) is 36.8 Å². The summed E-state index contributed by atoms with van der Waals surface area (Å²) >= 11 is 0. The molecule has 2 aromatic carbocycles. The predicted octanol–water partition coefficient (Wildman–Crippen LogP) is 2.22. The maximum absolute atomic E-state index is 12.3. The number of nitrogens with zero attached hydrogens (tertiary/aromatic N) is 2. The summed E-state index contributed by atoms with van der Waals surface area (Å²) < 4.78 is 19.7. The lowest BCUT2D eigenvalue weighted by molar-refractivity contribution is -0.147. The molecular weight excluding hydrogens is 606 g/mol. The number of rotatable bonds is 14. The van der Waals surface area contributed by atoms with Crippen molar-refractivity contribution in [3.63, 3.8) is 0 Å². The van der Waals surface area contributed by atoms with Crippen LogP contribution in [0.2, 0.25) is 0 Å². The van der Waals surface area contributed by atoms with Crippen molar-refractivity contribution in [1.29, 1.82) is 0 Å². The van der Waals surface area contributed by atoms with Gasteiger partial charge in [0.25, 0.3) is 0 Å². The van der Waals surface area contributed by atoms with Gasteiger partial charge in [-0.25, -0.2) is 0 Å². The summed E-state index contributed by atoms with van der Waals surface area (Å²) in [5.74, 6) is -1.68. The fourth-order valence-corrected chi connectivity index (χ4v) is 4.99. The third-order valence-corrected chi connectivity index (χ3v) is 7.69. The van der Waals surface area contributed by atoms with Gasteiger partial charge in [-0.1, -0.05) is 60.7 Å². The minimum absolute atomic E-state index is 0.0929. The molecule has 260 valence electrons. The Hall–Kier alpha value is -3.68. The maximum atomic E-state index is 12.3. The van der Waals surface area contributed by atoms with Gasteiger partial charge in [-0.2, -0.15) is 0 Å². The number of ether oxygens (including phenoxy) is 4. The molecule has 2 saturated heterocycles. The molecule has 0 bridgehead atoms. The average molecular weight is 658 g/mol. The van der Waals surface area contributed by atoms with E-state index in [1.807, 2.05) is 65.6 Å². The number of carboxylic acid groups (broad SMARTS) is 1. The lowest BCUT2D eigenvalue weighted by Crippen LogP contribution is -2.40. The van der Waals surface area contributed by atoms with Crippen LogP contribution in [0.1, 0.15) is 30.4 Å². The number of hydrogen-bond donors (Lipinski definition) is 2. The molecule has 2 aliphatic rings. The third-order valence-electron chi connectivity index (χ3n) is 7.69. The molecule has 12 nitrogen and oxygen atoms in total. The molecule has 0 unspecified atom stereocenters. The molecule has 2 atom stereocenters. The molecule has 0 saturated carbocycles. The number of carbonyl (C=O) groups is 4. The van der Waals surface area contributed by atoms with E-state index in [9.17, 15) is 19.2 Å². The molecule has 0 aliphatic carbocycles. The number of aryl methyl sites for hydroxylation is 2. The Kier molecular flexibility index (Phi) is 19.8. The molecule has 0 spiro atoms. The minimum Gasteiger partial charge on any atom is -0.480 e. The summed E-state index contributed by atoms with van der Waals surface area (Å²) in [6, 6.07) is 19.4. The van der Waals surface area contributed by atoms with Gasteiger partial charge in [-0.15, -0.1) is 0 Å². The zero-order chi connectivity index (χ0) is 34.3. The normalized spacial score (nSPS) is 16.2. The van der Waals surface area contributed by atoms with Crippen molar-refractivity contribution in [2.45, 2.75) is 38.1 Å². The fraction of sp³-hybridized carbons (Fsp3) is 0.543. The van der Waals surface area contributed by atoms with Gasteiger partial charge in [-0.3, -0.25) is 29.0 Å². The number of ketones is 1. The second kappa shape index (κ2) is 23.6. The molecule has 4 rings (SSSR count). The molecule has 2 aliphatic heterocycles. The van der Waals surface area contributed by atoms with Crippen LogP contribution < -0.4 is 5.73 Å². The number of carbonyl (C=O) groups excluding carboxylic acids is 3. The smallest absolute Gasteiger partial charge is 0.322 e. The Morgan fingerprint density at radius 1 is 0.723 bits per heavy atom. The van der Waals surface area contributed by atoms with Crippen LogP contribution in [0.15, 0.2) is 60.7 Å². The van der Waals surface area contributed by atoms with Gasteiger partial charge in [0.15, 0.2) is 0 Å². The van der Waals surface area contributed by atoms with Gasteiger partial charge < -0.3 is 29.8 Å². The highest BCUT2D eigenvalue weighted by atomic mass is 16.5. The van der Waals surface area contributed by atoms with Crippen molar-refractivity contribution < 1.29 is 43.2 Å². The van der Waals surface area contributed by atoms with Crippen LogP contribution in [0.4, 0.5) is 0 Å². The second-order valence-electron chi connectivity index (χ2n) is 11.3. The SMILES string of the molecule is COC(=O)[C@@H](N)CCc1ccccc1.COC(=O)[C@H](CCc1ccccc1)CC(=O)CN1CCOCC1.O=C(O)CN1CCOCC1. The highest BCUT2D eigenvalue weighted by molar-refractivity contribution is 5.85. The summed E-state index contributed by atoms with van der Waals surface area (Å²) in [5.41, 5.74) is 7.96. The number of hydrogen-bond acceptors (Lipinski definition) is 11. The molecule has 2 heterocycles. The van der Waals surface area contributed by atoms with E-state index in [0.717, 1.165) is 39.0 Å². The number of morpholine rings is 2. The van der Waals surface area contributed by atoms with E-state index in [0.29, 0.717) is 45.8 Å². The Bertz CT molecular complexity index is 1170. The van der Waals surface area contributed by atoms with E-state index in [2.05, 4.69) is 9.64 Å². The van der Waals surface area contributed by atoms with Crippen molar-refractivity contribution in [2.75, 3.05) is 79.9 Å². The quantitative estimate of drug-likeness (QED) is 0.286. The van der Waals surface area contributed by atoms with Crippen LogP contribution in [0.25, 0.3) is 0 Å². The zero-order valence-electron chi connectivity index (χ0n) is 27.7. The predicted molar refractivity (Wildman–Crippen MR) is 177 cm³/mol. The van der Waals surface area contributed by atoms with Crippen LogP contribution in [0.3, 0.4) is 0 Å². The van der Waals surface area contributed by atoms with Gasteiger partial charge in [0.2, 0.25) is 0 Å². The number of carboxylic acids is 1. The van der Waals surface area contributed by atoms with Gasteiger partial charge in [0.1, 0.15) is 11.8 Å². The first kappa shape index (κ1) is 39.5. The van der Waals surface area contributed by atoms with Gasteiger partial charge in [0, 0.05) is 32.6 Å². The second-order valence-corrected chi connectivity index (χ2v) is 11.3. The molecule has 12 heteroatoms. The summed E-state index contributed by atoms with van der Waals surface area (Å²) in [4.78, 5) is 49.3. The van der Waals surface area contributed by atoms with Gasteiger partial charge >= 0.3 is 17.9 Å². The Balaban J connectivity index is 0.000000271. The third kappa shape index (κ3) is 17.7. The Morgan fingerprint density at radius 3 is 1.62 bits per heavy atom. The fourth-order valence-electron chi connectivity index (χ4n) is 4.99. The zero-order valence-corrected chi connectivity index (χ0v) is 27.7. The number of Topliss-reactive ketones (excluding diaryl/α,β-unsaturated/α-hetero) is 1. The van der Waals surface area contributed by atoms with E-state index in [1.165, 1.54) is 25.3 Å². The molecule has 0 amide bonds. The van der Waals surface area contributed by atoms with Crippen LogP contribution in [0.5, 0.6) is 0 Å². The molecule has 47 heavy (non-hydrogen) atoms. The largest absolute Gasteiger partial charge is 0.480 e. The number of nitrogens with two attached hydrogens (primary N) is 1. The summed E-state index contributed by atoms with van der Waals surface area (Å²) in [6.07, 6.45) is 3.07. The number of esters is 2. The van der Waals surface area contributed by atoms with Crippen molar-refractivity contribution in [3.05, 3.63) is 71.8 Å². The molecular formula is C35H51N3O9. The van der Waals surface area contributed by atoms with Crippen LogP contribution in [0, 0.1) is 5.92 Å². The van der Waals surface area contributed by atoms with Crippen LogP contribution in [-0.2, 0) is 51.0 Å². The number of methoxy groups -OCH3 is 2. The van der Waals surface area contributed by atoms with E-state index in [4.69, 9.17) is 25.1 Å².